The van der Waals surface area contributed by atoms with Crippen LogP contribution in [0.15, 0.2) is 66.7 Å². The van der Waals surface area contributed by atoms with Crippen LogP contribution in [-0.2, 0) is 0 Å². The van der Waals surface area contributed by atoms with Crippen LogP contribution in [0.4, 0.5) is 10.1 Å². The zero-order valence-corrected chi connectivity index (χ0v) is 16.3. The molecule has 6 nitrogen and oxygen atoms in total. The van der Waals surface area contributed by atoms with Crippen LogP contribution in [0.3, 0.4) is 0 Å². The monoisotopic (exact) mass is 425 g/mol. The van der Waals surface area contributed by atoms with Crippen molar-refractivity contribution in [1.29, 1.82) is 0 Å². The molecule has 1 aromatic heterocycles. The summed E-state index contributed by atoms with van der Waals surface area (Å²) >= 11 is 11.2. The molecule has 0 unspecified atom stereocenters. The van der Waals surface area contributed by atoms with Gasteiger partial charge in [0.2, 0.25) is 0 Å². The number of carbonyl (C=O) groups excluding carboxylic acids is 1. The largest absolute Gasteiger partial charge is 0.332 e. The van der Waals surface area contributed by atoms with E-state index in [9.17, 15) is 9.18 Å². The number of rotatable bonds is 3. The Morgan fingerprint density at radius 2 is 1.72 bits per heavy atom. The number of thiocarbonyl (C=S) groups is 1. The number of nitrogens with zero attached hydrogens (tertiary/aromatic N) is 3. The topological polar surface area (TPSA) is 71.8 Å². The number of hydrogen-bond acceptors (Lipinski definition) is 4. The fourth-order valence-electron chi connectivity index (χ4n) is 2.66. The molecule has 0 bridgehead atoms. The van der Waals surface area contributed by atoms with Crippen molar-refractivity contribution in [3.63, 3.8) is 0 Å². The summed E-state index contributed by atoms with van der Waals surface area (Å²) in [4.78, 5) is 13.7. The van der Waals surface area contributed by atoms with Crippen LogP contribution in [0.5, 0.6) is 0 Å². The minimum atomic E-state index is -0.406. The fraction of sp³-hybridized carbons (Fsp3) is 0. The molecule has 4 rings (SSSR count). The summed E-state index contributed by atoms with van der Waals surface area (Å²) in [5.41, 5.74) is 2.87. The van der Waals surface area contributed by atoms with E-state index in [-0.39, 0.29) is 10.9 Å². The van der Waals surface area contributed by atoms with E-state index in [4.69, 9.17) is 23.8 Å². The first-order valence-corrected chi connectivity index (χ1v) is 9.28. The van der Waals surface area contributed by atoms with Crippen molar-refractivity contribution in [2.75, 3.05) is 5.32 Å². The van der Waals surface area contributed by atoms with Gasteiger partial charge in [-0.3, -0.25) is 10.1 Å². The second kappa shape index (κ2) is 7.94. The van der Waals surface area contributed by atoms with Crippen LogP contribution < -0.4 is 10.6 Å². The van der Waals surface area contributed by atoms with Gasteiger partial charge in [0.15, 0.2) is 5.11 Å². The number of aromatic nitrogens is 3. The molecule has 0 aliphatic heterocycles. The molecule has 3 aromatic carbocycles. The lowest BCUT2D eigenvalue weighted by Crippen LogP contribution is -2.34. The van der Waals surface area contributed by atoms with Crippen molar-refractivity contribution >= 4 is 51.6 Å². The Labute approximate surface area is 175 Å². The lowest BCUT2D eigenvalue weighted by molar-refractivity contribution is 0.0978. The highest BCUT2D eigenvalue weighted by Gasteiger charge is 2.12. The summed E-state index contributed by atoms with van der Waals surface area (Å²) in [6.07, 6.45) is 0. The van der Waals surface area contributed by atoms with Crippen LogP contribution in [0.1, 0.15) is 10.4 Å². The Balaban J connectivity index is 1.49. The average molecular weight is 426 g/mol. The SMILES string of the molecule is O=C(NC(=S)Nc1ccc2nn(-c3ccc(F)cc3)nc2c1)c1ccccc1Cl. The quantitative estimate of drug-likeness (QED) is 0.478. The summed E-state index contributed by atoms with van der Waals surface area (Å²) in [6, 6.07) is 17.8. The first-order chi connectivity index (χ1) is 14.0. The second-order valence-corrected chi connectivity index (χ2v) is 6.87. The van der Waals surface area contributed by atoms with Crippen molar-refractivity contribution in [3.05, 3.63) is 83.1 Å². The van der Waals surface area contributed by atoms with Gasteiger partial charge in [-0.15, -0.1) is 10.2 Å². The van der Waals surface area contributed by atoms with Gasteiger partial charge in [0.05, 0.1) is 16.3 Å². The molecule has 0 saturated carbocycles. The van der Waals surface area contributed by atoms with Crippen LogP contribution in [0, 0.1) is 5.82 Å². The van der Waals surface area contributed by atoms with Crippen molar-refractivity contribution in [3.8, 4) is 5.69 Å². The molecule has 0 fully saturated rings. The second-order valence-electron chi connectivity index (χ2n) is 6.06. The maximum atomic E-state index is 13.1. The van der Waals surface area contributed by atoms with Gasteiger partial charge in [-0.05, 0) is 66.8 Å². The maximum Gasteiger partial charge on any atom is 0.258 e. The van der Waals surface area contributed by atoms with Crippen LogP contribution in [0.25, 0.3) is 16.7 Å². The normalized spacial score (nSPS) is 10.7. The average Bonchev–Trinajstić information content (AvgIpc) is 3.12. The zero-order valence-electron chi connectivity index (χ0n) is 14.8. The maximum absolute atomic E-state index is 13.1. The highest BCUT2D eigenvalue weighted by Crippen LogP contribution is 2.18. The molecule has 1 heterocycles. The van der Waals surface area contributed by atoms with E-state index in [1.807, 2.05) is 0 Å². The zero-order chi connectivity index (χ0) is 20.4. The number of amides is 1. The van der Waals surface area contributed by atoms with Crippen molar-refractivity contribution in [2.45, 2.75) is 0 Å². The lowest BCUT2D eigenvalue weighted by Gasteiger charge is -2.10. The Hall–Kier alpha value is -3.36. The number of anilines is 1. The van der Waals surface area contributed by atoms with Gasteiger partial charge in [0.1, 0.15) is 16.9 Å². The van der Waals surface area contributed by atoms with E-state index in [0.29, 0.717) is 33.0 Å². The smallest absolute Gasteiger partial charge is 0.258 e. The fourth-order valence-corrected chi connectivity index (χ4v) is 3.09. The molecule has 29 heavy (non-hydrogen) atoms. The van der Waals surface area contributed by atoms with Gasteiger partial charge < -0.3 is 5.32 Å². The molecule has 4 aromatic rings. The number of benzene rings is 3. The van der Waals surface area contributed by atoms with Crippen molar-refractivity contribution in [2.24, 2.45) is 0 Å². The number of halogens is 2. The van der Waals surface area contributed by atoms with E-state index >= 15 is 0 Å². The number of fused-ring (bicyclic) bond motifs is 1. The Morgan fingerprint density at radius 1 is 1.00 bits per heavy atom. The molecule has 0 spiro atoms. The molecule has 2 N–H and O–H groups in total. The van der Waals surface area contributed by atoms with E-state index in [1.54, 1.807) is 54.6 Å². The van der Waals surface area contributed by atoms with Gasteiger partial charge in [0, 0.05) is 5.69 Å². The molecular formula is C20H13ClFN5OS. The summed E-state index contributed by atoms with van der Waals surface area (Å²) in [6.45, 7) is 0. The molecular weight excluding hydrogens is 413 g/mol. The van der Waals surface area contributed by atoms with Gasteiger partial charge in [-0.2, -0.15) is 4.80 Å². The predicted octanol–water partition coefficient (Wildman–Crippen LogP) is 4.34. The predicted molar refractivity (Wildman–Crippen MR) is 114 cm³/mol. The summed E-state index contributed by atoms with van der Waals surface area (Å²) in [5, 5.41) is 14.8. The molecule has 0 aliphatic carbocycles. The van der Waals surface area contributed by atoms with E-state index in [0.717, 1.165) is 0 Å². The van der Waals surface area contributed by atoms with Gasteiger partial charge >= 0.3 is 0 Å². The summed E-state index contributed by atoms with van der Waals surface area (Å²) < 4.78 is 13.1. The number of carbonyl (C=O) groups is 1. The Morgan fingerprint density at radius 3 is 2.48 bits per heavy atom. The molecule has 0 atom stereocenters. The van der Waals surface area contributed by atoms with E-state index < -0.39 is 5.91 Å². The summed E-state index contributed by atoms with van der Waals surface area (Å²) in [5.74, 6) is -0.735. The van der Waals surface area contributed by atoms with Gasteiger partial charge in [0.25, 0.3) is 5.91 Å². The molecule has 9 heteroatoms. The van der Waals surface area contributed by atoms with Gasteiger partial charge in [-0.1, -0.05) is 23.7 Å². The first-order valence-electron chi connectivity index (χ1n) is 8.49. The van der Waals surface area contributed by atoms with Crippen molar-refractivity contribution < 1.29 is 9.18 Å². The first kappa shape index (κ1) is 19.0. The summed E-state index contributed by atoms with van der Waals surface area (Å²) in [7, 11) is 0. The van der Waals surface area contributed by atoms with Gasteiger partial charge in [-0.25, -0.2) is 4.39 Å². The Kier molecular flexibility index (Phi) is 5.20. The molecule has 0 saturated heterocycles. The molecule has 0 aliphatic rings. The third-order valence-electron chi connectivity index (χ3n) is 4.04. The van der Waals surface area contributed by atoms with E-state index in [1.165, 1.54) is 16.9 Å². The third kappa shape index (κ3) is 4.23. The van der Waals surface area contributed by atoms with Crippen LogP contribution in [0.2, 0.25) is 5.02 Å². The van der Waals surface area contributed by atoms with Crippen LogP contribution >= 0.6 is 23.8 Å². The van der Waals surface area contributed by atoms with Crippen LogP contribution in [-0.4, -0.2) is 26.0 Å². The van der Waals surface area contributed by atoms with E-state index in [2.05, 4.69) is 20.8 Å². The highest BCUT2D eigenvalue weighted by molar-refractivity contribution is 7.80. The third-order valence-corrected chi connectivity index (χ3v) is 4.58. The standard InChI is InChI=1S/C20H13ClFN5OS/c21-16-4-2-1-3-15(16)19(28)24-20(29)23-13-7-10-17-18(11-13)26-27(25-17)14-8-5-12(22)6-9-14/h1-11H,(H2,23,24,28,29). The lowest BCUT2D eigenvalue weighted by atomic mass is 10.2. The number of nitrogens with one attached hydrogen (secondary N) is 2. The highest BCUT2D eigenvalue weighted by atomic mass is 35.5. The number of hydrogen-bond donors (Lipinski definition) is 2. The molecule has 0 radical (unpaired) electrons. The minimum absolute atomic E-state index is 0.125. The minimum Gasteiger partial charge on any atom is -0.332 e. The van der Waals surface area contributed by atoms with Crippen molar-refractivity contribution in [1.82, 2.24) is 20.3 Å². The molecule has 1 amide bonds. The Bertz CT molecular complexity index is 1230. The molecule has 144 valence electrons.